The zero-order valence-corrected chi connectivity index (χ0v) is 17.6. The highest BCUT2D eigenvalue weighted by atomic mass is 16.5. The molecule has 6 heteroatoms. The van der Waals surface area contributed by atoms with Crippen LogP contribution in [0.5, 0.6) is 11.5 Å². The molecule has 0 fully saturated rings. The Morgan fingerprint density at radius 3 is 2.32 bits per heavy atom. The second-order valence-electron chi connectivity index (χ2n) is 7.36. The normalized spacial score (nSPS) is 12.8. The molecule has 3 aromatic rings. The second kappa shape index (κ2) is 8.92. The van der Waals surface area contributed by atoms with Crippen LogP contribution < -0.4 is 19.7 Å². The highest BCUT2D eigenvalue weighted by Gasteiger charge is 2.24. The number of methoxy groups -OCH3 is 2. The molecule has 1 aliphatic heterocycles. The van der Waals surface area contributed by atoms with Crippen molar-refractivity contribution >= 4 is 23.2 Å². The Labute approximate surface area is 181 Å². The maximum atomic E-state index is 12.8. The van der Waals surface area contributed by atoms with E-state index in [9.17, 15) is 9.59 Å². The number of anilines is 2. The van der Waals surface area contributed by atoms with Crippen molar-refractivity contribution in [1.82, 2.24) is 0 Å². The van der Waals surface area contributed by atoms with Gasteiger partial charge in [0.15, 0.2) is 0 Å². The molecule has 4 rings (SSSR count). The van der Waals surface area contributed by atoms with Gasteiger partial charge in [0.2, 0.25) is 5.91 Å². The Morgan fingerprint density at radius 2 is 1.65 bits per heavy atom. The fraction of sp³-hybridized carbons (Fsp3) is 0.200. The van der Waals surface area contributed by atoms with Gasteiger partial charge in [0.05, 0.1) is 20.8 Å². The van der Waals surface area contributed by atoms with Crippen molar-refractivity contribution in [3.05, 3.63) is 83.4 Å². The van der Waals surface area contributed by atoms with E-state index in [0.717, 1.165) is 16.8 Å². The lowest BCUT2D eigenvalue weighted by atomic mass is 9.99. The zero-order chi connectivity index (χ0) is 21.8. The summed E-state index contributed by atoms with van der Waals surface area (Å²) in [6.07, 6.45) is 1.10. The highest BCUT2D eigenvalue weighted by molar-refractivity contribution is 6.05. The quantitative estimate of drug-likeness (QED) is 0.645. The molecule has 6 nitrogen and oxygen atoms in total. The molecule has 0 aromatic heterocycles. The number of fused-ring (bicyclic) bond motifs is 1. The van der Waals surface area contributed by atoms with E-state index in [1.807, 2.05) is 53.4 Å². The molecule has 2 amide bonds. The fourth-order valence-electron chi connectivity index (χ4n) is 3.72. The van der Waals surface area contributed by atoms with E-state index < -0.39 is 0 Å². The van der Waals surface area contributed by atoms with E-state index in [0.29, 0.717) is 42.1 Å². The first kappa shape index (κ1) is 20.5. The SMILES string of the molecule is COc1cc(OC)cc(C(=O)Nc2ccc3c(c2)CCC(=O)N3Cc2ccccc2)c1. The summed E-state index contributed by atoms with van der Waals surface area (Å²) in [4.78, 5) is 27.2. The Morgan fingerprint density at radius 1 is 0.935 bits per heavy atom. The van der Waals surface area contributed by atoms with Crippen LogP contribution in [0.25, 0.3) is 0 Å². The Kier molecular flexibility index (Phi) is 5.89. The minimum Gasteiger partial charge on any atom is -0.497 e. The number of hydrogen-bond acceptors (Lipinski definition) is 4. The topological polar surface area (TPSA) is 67.9 Å². The number of amides is 2. The van der Waals surface area contributed by atoms with Gasteiger partial charge in [-0.15, -0.1) is 0 Å². The highest BCUT2D eigenvalue weighted by Crippen LogP contribution is 2.32. The van der Waals surface area contributed by atoms with Gasteiger partial charge in [0.1, 0.15) is 11.5 Å². The monoisotopic (exact) mass is 416 g/mol. The lowest BCUT2D eigenvalue weighted by Gasteiger charge is -2.30. The van der Waals surface area contributed by atoms with Gasteiger partial charge < -0.3 is 19.7 Å². The maximum absolute atomic E-state index is 12.8. The molecular weight excluding hydrogens is 392 g/mol. The average Bonchev–Trinajstić information content (AvgIpc) is 2.81. The predicted octanol–water partition coefficient (Wildman–Crippen LogP) is 4.44. The molecule has 158 valence electrons. The number of benzene rings is 3. The van der Waals surface area contributed by atoms with Crippen LogP contribution in [0.2, 0.25) is 0 Å². The molecule has 31 heavy (non-hydrogen) atoms. The molecule has 0 saturated carbocycles. The van der Waals surface area contributed by atoms with E-state index in [1.165, 1.54) is 0 Å². The molecule has 0 atom stereocenters. The van der Waals surface area contributed by atoms with Crippen LogP contribution in [0, 0.1) is 0 Å². The Balaban J connectivity index is 1.56. The summed E-state index contributed by atoms with van der Waals surface area (Å²) in [6.45, 7) is 0.530. The predicted molar refractivity (Wildman–Crippen MR) is 120 cm³/mol. The van der Waals surface area contributed by atoms with Crippen LogP contribution in [-0.2, 0) is 17.8 Å². The van der Waals surface area contributed by atoms with Crippen molar-refractivity contribution in [3.63, 3.8) is 0 Å². The summed E-state index contributed by atoms with van der Waals surface area (Å²) in [7, 11) is 3.09. The largest absolute Gasteiger partial charge is 0.497 e. The van der Waals surface area contributed by atoms with E-state index in [2.05, 4.69) is 5.32 Å². The van der Waals surface area contributed by atoms with Crippen LogP contribution >= 0.6 is 0 Å². The molecule has 0 radical (unpaired) electrons. The van der Waals surface area contributed by atoms with Crippen molar-refractivity contribution in [2.75, 3.05) is 24.4 Å². The van der Waals surface area contributed by atoms with E-state index in [4.69, 9.17) is 9.47 Å². The van der Waals surface area contributed by atoms with Gasteiger partial charge >= 0.3 is 0 Å². The summed E-state index contributed by atoms with van der Waals surface area (Å²) in [5, 5.41) is 2.93. The third-order valence-corrected chi connectivity index (χ3v) is 5.33. The minimum absolute atomic E-state index is 0.108. The molecule has 1 N–H and O–H groups in total. The van der Waals surface area contributed by atoms with Crippen LogP contribution in [0.1, 0.15) is 27.9 Å². The third kappa shape index (κ3) is 4.53. The number of hydrogen-bond donors (Lipinski definition) is 1. The van der Waals surface area contributed by atoms with Gasteiger partial charge in [0.25, 0.3) is 5.91 Å². The van der Waals surface area contributed by atoms with Gasteiger partial charge in [-0.1, -0.05) is 30.3 Å². The molecular formula is C25H24N2O4. The first-order chi connectivity index (χ1) is 15.1. The zero-order valence-electron chi connectivity index (χ0n) is 17.6. The van der Waals surface area contributed by atoms with E-state index in [-0.39, 0.29) is 11.8 Å². The van der Waals surface area contributed by atoms with Crippen molar-refractivity contribution in [2.45, 2.75) is 19.4 Å². The molecule has 0 saturated heterocycles. The smallest absolute Gasteiger partial charge is 0.255 e. The van der Waals surface area contributed by atoms with E-state index >= 15 is 0 Å². The van der Waals surface area contributed by atoms with Crippen LogP contribution in [0.3, 0.4) is 0 Å². The lowest BCUT2D eigenvalue weighted by Crippen LogP contribution is -2.34. The number of carbonyl (C=O) groups excluding carboxylic acids is 2. The fourth-order valence-corrected chi connectivity index (χ4v) is 3.72. The Hall–Kier alpha value is -3.80. The summed E-state index contributed by atoms with van der Waals surface area (Å²) in [5.41, 5.74) is 4.13. The van der Waals surface area contributed by atoms with E-state index in [1.54, 1.807) is 32.4 Å². The van der Waals surface area contributed by atoms with Crippen LogP contribution in [0.4, 0.5) is 11.4 Å². The van der Waals surface area contributed by atoms with Crippen molar-refractivity contribution in [2.24, 2.45) is 0 Å². The van der Waals surface area contributed by atoms with Crippen molar-refractivity contribution in [1.29, 1.82) is 0 Å². The second-order valence-corrected chi connectivity index (χ2v) is 7.36. The summed E-state index contributed by atoms with van der Waals surface area (Å²) in [5.74, 6) is 0.941. The number of aryl methyl sites for hydroxylation is 1. The standard InChI is InChI=1S/C25H24N2O4/c1-30-21-13-19(14-22(15-21)31-2)25(29)26-20-9-10-23-18(12-20)8-11-24(28)27(23)16-17-6-4-3-5-7-17/h3-7,9-10,12-15H,8,11,16H2,1-2H3,(H,26,29). The van der Waals surface area contributed by atoms with Gasteiger partial charge in [-0.25, -0.2) is 0 Å². The summed E-state index contributed by atoms with van der Waals surface area (Å²) in [6, 6.07) is 20.6. The number of ether oxygens (including phenoxy) is 2. The first-order valence-corrected chi connectivity index (χ1v) is 10.1. The van der Waals surface area contributed by atoms with Crippen molar-refractivity contribution < 1.29 is 19.1 Å². The number of nitrogens with one attached hydrogen (secondary N) is 1. The third-order valence-electron chi connectivity index (χ3n) is 5.33. The average molecular weight is 416 g/mol. The number of rotatable bonds is 6. The van der Waals surface area contributed by atoms with Gasteiger partial charge in [-0.3, -0.25) is 9.59 Å². The van der Waals surface area contributed by atoms with Crippen LogP contribution in [-0.4, -0.2) is 26.0 Å². The molecule has 0 aliphatic carbocycles. The molecule has 1 aliphatic rings. The first-order valence-electron chi connectivity index (χ1n) is 10.1. The van der Waals surface area contributed by atoms with Crippen molar-refractivity contribution in [3.8, 4) is 11.5 Å². The molecule has 0 bridgehead atoms. The van der Waals surface area contributed by atoms with Crippen LogP contribution in [0.15, 0.2) is 66.7 Å². The summed E-state index contributed by atoms with van der Waals surface area (Å²) < 4.78 is 10.5. The Bertz CT molecular complexity index is 1090. The molecule has 0 unspecified atom stereocenters. The molecule has 3 aromatic carbocycles. The minimum atomic E-state index is -0.259. The van der Waals surface area contributed by atoms with Gasteiger partial charge in [0, 0.05) is 29.4 Å². The van der Waals surface area contributed by atoms with Gasteiger partial charge in [-0.2, -0.15) is 0 Å². The lowest BCUT2D eigenvalue weighted by molar-refractivity contribution is -0.119. The molecule has 1 heterocycles. The number of carbonyl (C=O) groups is 2. The number of nitrogens with zero attached hydrogens (tertiary/aromatic N) is 1. The van der Waals surface area contributed by atoms with Gasteiger partial charge in [-0.05, 0) is 47.9 Å². The maximum Gasteiger partial charge on any atom is 0.255 e. The molecule has 0 spiro atoms. The summed E-state index contributed by atoms with van der Waals surface area (Å²) >= 11 is 0.